The molecule has 1 aromatic rings. The molecule has 1 N–H and O–H groups in total. The van der Waals surface area contributed by atoms with Gasteiger partial charge in [-0.25, -0.2) is 0 Å². The molecular formula is C11H17NO2S. The van der Waals surface area contributed by atoms with Gasteiger partial charge >= 0.3 is 5.97 Å². The van der Waals surface area contributed by atoms with Crippen molar-refractivity contribution in [1.29, 1.82) is 0 Å². The molecule has 0 aliphatic rings. The largest absolute Gasteiger partial charge is 0.481 e. The van der Waals surface area contributed by atoms with E-state index in [0.29, 0.717) is 0 Å². The number of thiophene rings is 1. The van der Waals surface area contributed by atoms with E-state index in [-0.39, 0.29) is 6.42 Å². The van der Waals surface area contributed by atoms with E-state index in [1.807, 2.05) is 0 Å². The number of hydrogen-bond donors (Lipinski definition) is 1. The number of aliphatic carboxylic acids is 1. The van der Waals surface area contributed by atoms with E-state index in [0.717, 1.165) is 25.9 Å². The fraction of sp³-hybridized carbons (Fsp3) is 0.545. The van der Waals surface area contributed by atoms with Crippen LogP contribution in [0.2, 0.25) is 0 Å². The van der Waals surface area contributed by atoms with Gasteiger partial charge in [-0.05, 0) is 48.8 Å². The first-order valence-corrected chi connectivity index (χ1v) is 6.04. The molecular weight excluding hydrogens is 210 g/mol. The molecule has 0 aliphatic carbocycles. The molecule has 3 nitrogen and oxygen atoms in total. The van der Waals surface area contributed by atoms with Gasteiger partial charge in [0.25, 0.3) is 0 Å². The molecule has 0 aliphatic heterocycles. The molecule has 0 radical (unpaired) electrons. The number of carboxylic acid groups (broad SMARTS) is 1. The quantitative estimate of drug-likeness (QED) is 0.727. The Kier molecular flexibility index (Phi) is 5.36. The summed E-state index contributed by atoms with van der Waals surface area (Å²) in [6, 6.07) is 2.12. The van der Waals surface area contributed by atoms with Gasteiger partial charge in [0, 0.05) is 13.0 Å². The number of carboxylic acids is 1. The van der Waals surface area contributed by atoms with E-state index in [1.54, 1.807) is 11.3 Å². The number of hydrogen-bond acceptors (Lipinski definition) is 3. The summed E-state index contributed by atoms with van der Waals surface area (Å²) in [4.78, 5) is 12.5. The van der Waals surface area contributed by atoms with E-state index in [2.05, 4.69) is 28.8 Å². The van der Waals surface area contributed by atoms with Crippen LogP contribution in [0.3, 0.4) is 0 Å². The summed E-state index contributed by atoms with van der Waals surface area (Å²) >= 11 is 1.71. The second kappa shape index (κ2) is 6.58. The van der Waals surface area contributed by atoms with E-state index >= 15 is 0 Å². The Morgan fingerprint density at radius 2 is 2.33 bits per heavy atom. The van der Waals surface area contributed by atoms with Crippen LogP contribution in [-0.4, -0.2) is 29.6 Å². The Morgan fingerprint density at radius 1 is 1.53 bits per heavy atom. The van der Waals surface area contributed by atoms with Gasteiger partial charge in [0.15, 0.2) is 0 Å². The van der Waals surface area contributed by atoms with E-state index in [9.17, 15) is 4.79 Å². The third kappa shape index (κ3) is 5.54. The second-order valence-electron chi connectivity index (χ2n) is 3.72. The van der Waals surface area contributed by atoms with Gasteiger partial charge in [-0.2, -0.15) is 11.3 Å². The molecule has 0 atom stereocenters. The van der Waals surface area contributed by atoms with Crippen LogP contribution in [0.15, 0.2) is 16.8 Å². The summed E-state index contributed by atoms with van der Waals surface area (Å²) in [7, 11) is 2.07. The van der Waals surface area contributed by atoms with Crippen molar-refractivity contribution in [2.24, 2.45) is 0 Å². The zero-order valence-corrected chi connectivity index (χ0v) is 9.80. The zero-order valence-electron chi connectivity index (χ0n) is 8.98. The maximum absolute atomic E-state index is 10.3. The van der Waals surface area contributed by atoms with Crippen molar-refractivity contribution >= 4 is 17.3 Å². The molecule has 0 amide bonds. The van der Waals surface area contributed by atoms with Gasteiger partial charge in [0.1, 0.15) is 0 Å². The molecule has 1 rings (SSSR count). The third-order valence-corrected chi connectivity index (χ3v) is 2.95. The van der Waals surface area contributed by atoms with Gasteiger partial charge in [-0.3, -0.25) is 4.79 Å². The van der Waals surface area contributed by atoms with Crippen molar-refractivity contribution in [1.82, 2.24) is 4.90 Å². The standard InChI is InChI=1S/C11H17NO2S/c1-12(6-3-2-4-11(13)14)8-10-5-7-15-9-10/h5,7,9H,2-4,6,8H2,1H3,(H,13,14). The molecule has 0 aromatic carbocycles. The molecule has 0 saturated carbocycles. The van der Waals surface area contributed by atoms with Crippen LogP contribution in [0.25, 0.3) is 0 Å². The monoisotopic (exact) mass is 227 g/mol. The molecule has 0 spiro atoms. The summed E-state index contributed by atoms with van der Waals surface area (Å²) in [5, 5.41) is 12.7. The van der Waals surface area contributed by atoms with Crippen LogP contribution in [0, 0.1) is 0 Å². The minimum absolute atomic E-state index is 0.284. The molecule has 15 heavy (non-hydrogen) atoms. The van der Waals surface area contributed by atoms with Crippen molar-refractivity contribution in [3.8, 4) is 0 Å². The average Bonchev–Trinajstić information content (AvgIpc) is 2.64. The second-order valence-corrected chi connectivity index (χ2v) is 4.50. The van der Waals surface area contributed by atoms with Gasteiger partial charge < -0.3 is 10.0 Å². The van der Waals surface area contributed by atoms with E-state index in [1.165, 1.54) is 5.56 Å². The van der Waals surface area contributed by atoms with Crippen LogP contribution in [0.1, 0.15) is 24.8 Å². The van der Waals surface area contributed by atoms with Crippen LogP contribution >= 0.6 is 11.3 Å². The predicted molar refractivity (Wildman–Crippen MR) is 62.1 cm³/mol. The highest BCUT2D eigenvalue weighted by Crippen LogP contribution is 2.09. The Morgan fingerprint density at radius 3 is 2.93 bits per heavy atom. The first kappa shape index (κ1) is 12.2. The molecule has 4 heteroatoms. The SMILES string of the molecule is CN(CCCCC(=O)O)Cc1ccsc1. The molecule has 0 bridgehead atoms. The summed E-state index contributed by atoms with van der Waals surface area (Å²) in [5.41, 5.74) is 1.33. The summed E-state index contributed by atoms with van der Waals surface area (Å²) < 4.78 is 0. The van der Waals surface area contributed by atoms with E-state index in [4.69, 9.17) is 5.11 Å². The minimum atomic E-state index is -0.699. The number of unbranched alkanes of at least 4 members (excludes halogenated alkanes) is 1. The lowest BCUT2D eigenvalue weighted by molar-refractivity contribution is -0.137. The Bertz CT molecular complexity index is 285. The Labute approximate surface area is 94.3 Å². The van der Waals surface area contributed by atoms with Crippen LogP contribution in [-0.2, 0) is 11.3 Å². The topological polar surface area (TPSA) is 40.5 Å². The van der Waals surface area contributed by atoms with Crippen molar-refractivity contribution < 1.29 is 9.90 Å². The van der Waals surface area contributed by atoms with Gasteiger partial charge in [-0.1, -0.05) is 0 Å². The molecule has 0 saturated heterocycles. The van der Waals surface area contributed by atoms with Crippen LogP contribution < -0.4 is 0 Å². The lowest BCUT2D eigenvalue weighted by Gasteiger charge is -2.15. The lowest BCUT2D eigenvalue weighted by atomic mass is 10.2. The zero-order chi connectivity index (χ0) is 11.1. The Hall–Kier alpha value is -0.870. The highest BCUT2D eigenvalue weighted by Gasteiger charge is 2.01. The Balaban J connectivity index is 2.08. The summed E-state index contributed by atoms with van der Waals surface area (Å²) in [5.74, 6) is -0.699. The summed E-state index contributed by atoms with van der Waals surface area (Å²) in [6.07, 6.45) is 2.00. The van der Waals surface area contributed by atoms with Crippen molar-refractivity contribution in [3.05, 3.63) is 22.4 Å². The maximum atomic E-state index is 10.3. The lowest BCUT2D eigenvalue weighted by Crippen LogP contribution is -2.18. The highest BCUT2D eigenvalue weighted by atomic mass is 32.1. The van der Waals surface area contributed by atoms with Crippen LogP contribution in [0.5, 0.6) is 0 Å². The fourth-order valence-corrected chi connectivity index (χ4v) is 2.09. The summed E-state index contributed by atoms with van der Waals surface area (Å²) in [6.45, 7) is 1.92. The number of carbonyl (C=O) groups is 1. The predicted octanol–water partition coefficient (Wildman–Crippen LogP) is 2.43. The van der Waals surface area contributed by atoms with Gasteiger partial charge in [0.05, 0.1) is 0 Å². The average molecular weight is 227 g/mol. The third-order valence-electron chi connectivity index (χ3n) is 2.21. The fourth-order valence-electron chi connectivity index (χ4n) is 1.43. The minimum Gasteiger partial charge on any atom is -0.481 e. The van der Waals surface area contributed by atoms with Crippen molar-refractivity contribution in [2.45, 2.75) is 25.8 Å². The number of nitrogens with zero attached hydrogens (tertiary/aromatic N) is 1. The normalized spacial score (nSPS) is 10.8. The first-order chi connectivity index (χ1) is 7.18. The van der Waals surface area contributed by atoms with Gasteiger partial charge in [-0.15, -0.1) is 0 Å². The molecule has 1 aromatic heterocycles. The molecule has 84 valence electrons. The van der Waals surface area contributed by atoms with Crippen LogP contribution in [0.4, 0.5) is 0 Å². The van der Waals surface area contributed by atoms with Crippen molar-refractivity contribution in [2.75, 3.05) is 13.6 Å². The first-order valence-electron chi connectivity index (χ1n) is 5.10. The molecule has 0 fully saturated rings. The molecule has 0 unspecified atom stereocenters. The smallest absolute Gasteiger partial charge is 0.303 e. The van der Waals surface area contributed by atoms with Crippen molar-refractivity contribution in [3.63, 3.8) is 0 Å². The molecule has 1 heterocycles. The van der Waals surface area contributed by atoms with E-state index < -0.39 is 5.97 Å². The highest BCUT2D eigenvalue weighted by molar-refractivity contribution is 7.07. The number of rotatable bonds is 7. The van der Waals surface area contributed by atoms with Gasteiger partial charge in [0.2, 0.25) is 0 Å². The maximum Gasteiger partial charge on any atom is 0.303 e.